The number of phenols is 2. The van der Waals surface area contributed by atoms with Crippen molar-refractivity contribution >= 4 is 29.8 Å². The Kier molecular flexibility index (Phi) is 8.24. The summed E-state index contributed by atoms with van der Waals surface area (Å²) in [6.07, 6.45) is 6.55. The molecule has 3 N–H and O–H groups in total. The lowest BCUT2D eigenvalue weighted by atomic mass is 10.1. The maximum Gasteiger partial charge on any atom is 0.248 e. The summed E-state index contributed by atoms with van der Waals surface area (Å²) in [6.45, 7) is 0. The zero-order valence-electron chi connectivity index (χ0n) is 19.9. The quantitative estimate of drug-likeness (QED) is 0.227. The number of hydrogen-bond acceptors (Lipinski definition) is 7. The highest BCUT2D eigenvalue weighted by Crippen LogP contribution is 2.39. The second-order valence-electron chi connectivity index (χ2n) is 7.32. The first-order chi connectivity index (χ1) is 16.9. The van der Waals surface area contributed by atoms with E-state index in [2.05, 4.69) is 5.32 Å². The van der Waals surface area contributed by atoms with E-state index in [1.807, 2.05) is 24.3 Å². The number of phenolic OH excluding ortho intramolecular Hbond substituents is 2. The highest BCUT2D eigenvalue weighted by molar-refractivity contribution is 6.03. The highest BCUT2D eigenvalue weighted by Gasteiger charge is 2.12. The van der Waals surface area contributed by atoms with Crippen molar-refractivity contribution in [1.29, 1.82) is 0 Å². The van der Waals surface area contributed by atoms with E-state index in [1.54, 1.807) is 52.7 Å². The fourth-order valence-electron chi connectivity index (χ4n) is 3.29. The Balaban J connectivity index is 1.87. The summed E-state index contributed by atoms with van der Waals surface area (Å²) >= 11 is 0. The minimum atomic E-state index is -0.370. The molecule has 1 amide bonds. The van der Waals surface area contributed by atoms with Crippen molar-refractivity contribution in [2.75, 3.05) is 33.8 Å². The fourth-order valence-corrected chi connectivity index (χ4v) is 3.29. The van der Waals surface area contributed by atoms with Gasteiger partial charge in [0.25, 0.3) is 0 Å². The summed E-state index contributed by atoms with van der Waals surface area (Å²) in [5.41, 5.74) is 2.64. The van der Waals surface area contributed by atoms with Gasteiger partial charge in [0.2, 0.25) is 11.7 Å². The summed E-state index contributed by atoms with van der Waals surface area (Å²) in [5.74, 6) is 1.31. The van der Waals surface area contributed by atoms with E-state index in [0.717, 1.165) is 5.56 Å². The minimum Gasteiger partial charge on any atom is -0.504 e. The molecule has 0 aromatic heterocycles. The molecule has 0 heterocycles. The van der Waals surface area contributed by atoms with Gasteiger partial charge in [0, 0.05) is 17.3 Å². The summed E-state index contributed by atoms with van der Waals surface area (Å²) in [7, 11) is 6.21. The van der Waals surface area contributed by atoms with E-state index >= 15 is 0 Å². The van der Waals surface area contributed by atoms with Crippen molar-refractivity contribution in [2.24, 2.45) is 0 Å². The molecule has 0 aliphatic heterocycles. The first-order valence-corrected chi connectivity index (χ1v) is 10.6. The van der Waals surface area contributed by atoms with Crippen LogP contribution in [0.25, 0.3) is 18.2 Å². The number of methoxy groups -OCH3 is 4. The molecule has 0 spiro atoms. The molecule has 0 saturated carbocycles. The standard InChI is InChI=1S/C27H27NO7/c1-32-20-9-10-21(28-26(31)12-7-17-6-11-22(29)23(30)13-17)19(16-20)8-5-18-14-24(33-2)27(35-4)25(15-18)34-3/h5-16,29-30H,1-4H3,(H,28,31)/b8-5?,12-7+. The maximum atomic E-state index is 12.5. The Hall–Kier alpha value is -4.59. The maximum absolute atomic E-state index is 12.5. The van der Waals surface area contributed by atoms with Gasteiger partial charge in [0.05, 0.1) is 28.4 Å². The molecule has 3 rings (SSSR count). The largest absolute Gasteiger partial charge is 0.504 e. The predicted molar refractivity (Wildman–Crippen MR) is 135 cm³/mol. The average Bonchev–Trinajstić information content (AvgIpc) is 2.87. The van der Waals surface area contributed by atoms with Crippen molar-refractivity contribution in [3.63, 3.8) is 0 Å². The van der Waals surface area contributed by atoms with E-state index < -0.39 is 0 Å². The van der Waals surface area contributed by atoms with Crippen molar-refractivity contribution in [3.05, 3.63) is 71.3 Å². The summed E-state index contributed by atoms with van der Waals surface area (Å²) in [4.78, 5) is 12.5. The van der Waals surface area contributed by atoms with Gasteiger partial charge in [-0.1, -0.05) is 18.2 Å². The van der Waals surface area contributed by atoms with Gasteiger partial charge < -0.3 is 34.5 Å². The third-order valence-electron chi connectivity index (χ3n) is 5.09. The molecule has 182 valence electrons. The van der Waals surface area contributed by atoms with Crippen molar-refractivity contribution < 1.29 is 34.0 Å². The Bertz CT molecular complexity index is 1240. The molecule has 0 fully saturated rings. The van der Waals surface area contributed by atoms with Crippen LogP contribution >= 0.6 is 0 Å². The van der Waals surface area contributed by atoms with Crippen LogP contribution in [0.15, 0.2) is 54.6 Å². The zero-order valence-corrected chi connectivity index (χ0v) is 19.9. The SMILES string of the molecule is COc1ccc(NC(=O)/C=C/c2ccc(O)c(O)c2)c(C=Cc2cc(OC)c(OC)c(OC)c2)c1. The highest BCUT2D eigenvalue weighted by atomic mass is 16.5. The van der Waals surface area contributed by atoms with E-state index in [-0.39, 0.29) is 17.4 Å². The molecule has 0 radical (unpaired) electrons. The Morgan fingerprint density at radius 3 is 2.06 bits per heavy atom. The molecule has 35 heavy (non-hydrogen) atoms. The molecular formula is C27H27NO7. The van der Waals surface area contributed by atoms with Crippen LogP contribution in [-0.2, 0) is 4.79 Å². The lowest BCUT2D eigenvalue weighted by Gasteiger charge is -2.13. The molecule has 8 heteroatoms. The van der Waals surface area contributed by atoms with Crippen molar-refractivity contribution in [1.82, 2.24) is 0 Å². The smallest absolute Gasteiger partial charge is 0.248 e. The number of rotatable bonds is 9. The van der Waals surface area contributed by atoms with Crippen LogP contribution in [0.3, 0.4) is 0 Å². The second kappa shape index (κ2) is 11.5. The van der Waals surface area contributed by atoms with Gasteiger partial charge in [-0.3, -0.25) is 4.79 Å². The number of ether oxygens (including phenoxy) is 4. The molecule has 0 saturated heterocycles. The van der Waals surface area contributed by atoms with Crippen LogP contribution < -0.4 is 24.3 Å². The van der Waals surface area contributed by atoms with Gasteiger partial charge in [0.1, 0.15) is 5.75 Å². The normalized spacial score (nSPS) is 11.0. The summed E-state index contributed by atoms with van der Waals surface area (Å²) in [6, 6.07) is 13.2. The Morgan fingerprint density at radius 1 is 0.743 bits per heavy atom. The lowest BCUT2D eigenvalue weighted by molar-refractivity contribution is -0.111. The Labute approximate surface area is 203 Å². The van der Waals surface area contributed by atoms with Gasteiger partial charge in [-0.15, -0.1) is 0 Å². The van der Waals surface area contributed by atoms with Gasteiger partial charge >= 0.3 is 0 Å². The molecular weight excluding hydrogens is 450 g/mol. The molecule has 8 nitrogen and oxygen atoms in total. The first kappa shape index (κ1) is 25.0. The van der Waals surface area contributed by atoms with Gasteiger partial charge in [-0.05, 0) is 59.7 Å². The van der Waals surface area contributed by atoms with Gasteiger partial charge in [-0.2, -0.15) is 0 Å². The van der Waals surface area contributed by atoms with Crippen molar-refractivity contribution in [2.45, 2.75) is 0 Å². The van der Waals surface area contributed by atoms with E-state index in [0.29, 0.717) is 39.8 Å². The van der Waals surface area contributed by atoms with Crippen LogP contribution in [0.1, 0.15) is 16.7 Å². The predicted octanol–water partition coefficient (Wildman–Crippen LogP) is 4.95. The molecule has 0 unspecified atom stereocenters. The fraction of sp³-hybridized carbons (Fsp3) is 0.148. The molecule has 0 aliphatic carbocycles. The summed E-state index contributed by atoms with van der Waals surface area (Å²) < 4.78 is 21.5. The van der Waals surface area contributed by atoms with E-state index in [1.165, 1.54) is 24.3 Å². The summed E-state index contributed by atoms with van der Waals surface area (Å²) in [5, 5.41) is 21.9. The third kappa shape index (κ3) is 6.26. The number of hydrogen-bond donors (Lipinski definition) is 3. The number of benzene rings is 3. The monoisotopic (exact) mass is 477 g/mol. The topological polar surface area (TPSA) is 106 Å². The number of aromatic hydroxyl groups is 2. The van der Waals surface area contributed by atoms with Gasteiger partial charge in [0.15, 0.2) is 23.0 Å². The van der Waals surface area contributed by atoms with Crippen LogP contribution in [0.4, 0.5) is 5.69 Å². The number of carbonyl (C=O) groups excluding carboxylic acids is 1. The molecule has 0 aliphatic rings. The van der Waals surface area contributed by atoms with Crippen LogP contribution in [0, 0.1) is 0 Å². The second-order valence-corrected chi connectivity index (χ2v) is 7.32. The number of carbonyl (C=O) groups is 1. The number of nitrogens with one attached hydrogen (secondary N) is 1. The third-order valence-corrected chi connectivity index (χ3v) is 5.09. The van der Waals surface area contributed by atoms with E-state index in [4.69, 9.17) is 18.9 Å². The molecule has 0 bridgehead atoms. The molecule has 3 aromatic rings. The van der Waals surface area contributed by atoms with E-state index in [9.17, 15) is 15.0 Å². The average molecular weight is 478 g/mol. The minimum absolute atomic E-state index is 0.228. The molecule has 0 atom stereocenters. The van der Waals surface area contributed by atoms with Gasteiger partial charge in [-0.25, -0.2) is 0 Å². The molecule has 3 aromatic carbocycles. The number of amides is 1. The Morgan fingerprint density at radius 2 is 1.46 bits per heavy atom. The van der Waals surface area contributed by atoms with Crippen LogP contribution in [0.5, 0.6) is 34.5 Å². The van der Waals surface area contributed by atoms with Crippen LogP contribution in [0.2, 0.25) is 0 Å². The number of anilines is 1. The lowest BCUT2D eigenvalue weighted by Crippen LogP contribution is -2.09. The van der Waals surface area contributed by atoms with Crippen LogP contribution in [-0.4, -0.2) is 44.6 Å². The zero-order chi connectivity index (χ0) is 25.4. The first-order valence-electron chi connectivity index (χ1n) is 10.6. The van der Waals surface area contributed by atoms with Crippen molar-refractivity contribution in [3.8, 4) is 34.5 Å².